The van der Waals surface area contributed by atoms with Gasteiger partial charge in [0.1, 0.15) is 0 Å². The van der Waals surface area contributed by atoms with Crippen LogP contribution in [0, 0.1) is 37.0 Å². The molecule has 2 aliphatic carbocycles. The van der Waals surface area contributed by atoms with Crippen LogP contribution in [-0.2, 0) is 10.0 Å². The molecule has 2 fully saturated rings. The normalized spacial score (nSPS) is 28.5. The predicted molar refractivity (Wildman–Crippen MR) is 115 cm³/mol. The Morgan fingerprint density at radius 2 is 1.57 bits per heavy atom. The van der Waals surface area contributed by atoms with Gasteiger partial charge in [0, 0.05) is 0 Å². The van der Waals surface area contributed by atoms with Gasteiger partial charge in [-0.15, -0.1) is 0 Å². The van der Waals surface area contributed by atoms with E-state index in [4.69, 9.17) is 0 Å². The van der Waals surface area contributed by atoms with E-state index in [-0.39, 0.29) is 16.9 Å². The van der Waals surface area contributed by atoms with Crippen LogP contribution >= 0.6 is 0 Å². The highest BCUT2D eigenvalue weighted by Crippen LogP contribution is 2.66. The number of fused-ring (bicyclic) bond motifs is 2. The molecule has 0 aromatic heterocycles. The van der Waals surface area contributed by atoms with E-state index in [1.807, 2.05) is 32.0 Å². The smallest absolute Gasteiger partial charge is 0.263 e. The van der Waals surface area contributed by atoms with Crippen LogP contribution in [0.2, 0.25) is 0 Å². The van der Waals surface area contributed by atoms with E-state index in [1.165, 1.54) is 0 Å². The topological polar surface area (TPSA) is 37.4 Å². The van der Waals surface area contributed by atoms with E-state index >= 15 is 0 Å². The third-order valence-corrected chi connectivity index (χ3v) is 9.20. The molecule has 0 amide bonds. The highest BCUT2D eigenvalue weighted by molar-refractivity contribution is 7.92. The minimum absolute atomic E-state index is 0.0612. The molecule has 1 radical (unpaired) electrons. The summed E-state index contributed by atoms with van der Waals surface area (Å²) in [5, 5.41) is 0. The zero-order valence-corrected chi connectivity index (χ0v) is 18.3. The van der Waals surface area contributed by atoms with Crippen molar-refractivity contribution in [3.8, 4) is 0 Å². The van der Waals surface area contributed by atoms with E-state index in [0.717, 1.165) is 29.7 Å². The maximum absolute atomic E-state index is 13.8. The van der Waals surface area contributed by atoms with Crippen LogP contribution in [0.5, 0.6) is 0 Å². The summed E-state index contributed by atoms with van der Waals surface area (Å²) in [6.07, 6.45) is 4.52. The summed E-state index contributed by atoms with van der Waals surface area (Å²) in [5.41, 5.74) is 3.08. The summed E-state index contributed by atoms with van der Waals surface area (Å²) in [7, 11) is -3.67. The lowest BCUT2D eigenvalue weighted by Gasteiger charge is -2.37. The number of nitrogens with zero attached hydrogens (tertiary/aromatic N) is 1. The van der Waals surface area contributed by atoms with Crippen molar-refractivity contribution >= 4 is 15.7 Å². The van der Waals surface area contributed by atoms with Crippen molar-refractivity contribution in [1.29, 1.82) is 0 Å². The van der Waals surface area contributed by atoms with Crippen LogP contribution in [-0.4, -0.2) is 14.5 Å². The molecule has 0 saturated heterocycles. The van der Waals surface area contributed by atoms with Crippen molar-refractivity contribution in [2.75, 3.05) is 4.31 Å². The molecule has 2 aromatic rings. The van der Waals surface area contributed by atoms with E-state index < -0.39 is 10.0 Å². The Hall–Kier alpha value is -1.81. The highest BCUT2D eigenvalue weighted by Gasteiger charge is 2.63. The SMILES string of the molecule is Cc1cc(C)cc(N(C2[CH]C3(C)CCC2C3(C)C)S(=O)(=O)c2ccccc2)c1. The van der Waals surface area contributed by atoms with Gasteiger partial charge in [-0.05, 0) is 85.3 Å². The average molecular weight is 397 g/mol. The van der Waals surface area contributed by atoms with Crippen LogP contribution in [0.15, 0.2) is 53.4 Å². The first-order chi connectivity index (χ1) is 13.1. The zero-order chi connectivity index (χ0) is 20.3. The number of sulfonamides is 1. The molecule has 4 rings (SSSR count). The minimum atomic E-state index is -3.67. The van der Waals surface area contributed by atoms with Crippen LogP contribution in [0.4, 0.5) is 5.69 Å². The Kier molecular flexibility index (Phi) is 4.42. The molecule has 0 spiro atoms. The van der Waals surface area contributed by atoms with Gasteiger partial charge in [0.25, 0.3) is 10.0 Å². The first-order valence-corrected chi connectivity index (χ1v) is 11.5. The molecule has 2 saturated carbocycles. The Morgan fingerprint density at radius 1 is 0.964 bits per heavy atom. The second kappa shape index (κ2) is 6.35. The molecule has 0 N–H and O–H groups in total. The number of hydrogen-bond donors (Lipinski definition) is 0. The molecule has 28 heavy (non-hydrogen) atoms. The lowest BCUT2D eigenvalue weighted by molar-refractivity contribution is 0.175. The van der Waals surface area contributed by atoms with Gasteiger partial charge in [-0.2, -0.15) is 0 Å². The monoisotopic (exact) mass is 396 g/mol. The first kappa shape index (κ1) is 19.5. The zero-order valence-electron chi connectivity index (χ0n) is 17.4. The molecule has 3 atom stereocenters. The van der Waals surface area contributed by atoms with Crippen LogP contribution < -0.4 is 4.31 Å². The molecule has 149 valence electrons. The van der Waals surface area contributed by atoms with Crippen molar-refractivity contribution in [3.05, 3.63) is 66.1 Å². The van der Waals surface area contributed by atoms with Crippen molar-refractivity contribution < 1.29 is 8.42 Å². The summed E-state index contributed by atoms with van der Waals surface area (Å²) in [6, 6.07) is 14.8. The summed E-state index contributed by atoms with van der Waals surface area (Å²) in [5.74, 6) is 0.316. The fraction of sp³-hybridized carbons (Fsp3) is 0.458. The third-order valence-electron chi connectivity index (χ3n) is 7.36. The van der Waals surface area contributed by atoms with Crippen molar-refractivity contribution in [1.82, 2.24) is 0 Å². The fourth-order valence-corrected chi connectivity index (χ4v) is 7.08. The van der Waals surface area contributed by atoms with Crippen LogP contribution in [0.25, 0.3) is 0 Å². The van der Waals surface area contributed by atoms with E-state index in [2.05, 4.69) is 33.3 Å². The van der Waals surface area contributed by atoms with E-state index in [9.17, 15) is 8.42 Å². The number of aryl methyl sites for hydroxylation is 2. The average Bonchev–Trinajstić information content (AvgIpc) is 2.94. The minimum Gasteiger partial charge on any atom is -0.263 e. The molecular formula is C24H30NO2S. The summed E-state index contributed by atoms with van der Waals surface area (Å²) in [6.45, 7) is 11.0. The molecular weight excluding hydrogens is 366 g/mol. The number of anilines is 1. The van der Waals surface area contributed by atoms with Crippen molar-refractivity contribution in [2.24, 2.45) is 16.7 Å². The van der Waals surface area contributed by atoms with Crippen LogP contribution in [0.1, 0.15) is 44.7 Å². The summed E-state index contributed by atoms with van der Waals surface area (Å²) >= 11 is 0. The van der Waals surface area contributed by atoms with Crippen LogP contribution in [0.3, 0.4) is 0 Å². The number of hydrogen-bond acceptors (Lipinski definition) is 2. The summed E-state index contributed by atoms with van der Waals surface area (Å²) < 4.78 is 29.4. The Balaban J connectivity index is 1.89. The van der Waals surface area contributed by atoms with Crippen molar-refractivity contribution in [2.45, 2.75) is 58.4 Å². The molecule has 0 heterocycles. The maximum atomic E-state index is 13.8. The van der Waals surface area contributed by atoms with Gasteiger partial charge >= 0.3 is 0 Å². The second-order valence-electron chi connectivity index (χ2n) is 9.40. The van der Waals surface area contributed by atoms with Gasteiger partial charge < -0.3 is 0 Å². The Morgan fingerprint density at radius 3 is 2.07 bits per heavy atom. The van der Waals surface area contributed by atoms with E-state index in [1.54, 1.807) is 28.6 Å². The largest absolute Gasteiger partial charge is 0.264 e. The van der Waals surface area contributed by atoms with E-state index in [0.29, 0.717) is 10.8 Å². The molecule has 3 nitrogen and oxygen atoms in total. The standard InChI is InChI=1S/C24H30NO2S/c1-17-13-18(2)15-19(14-17)25(28(26,27)20-9-7-6-8-10-20)22-16-24(5)12-11-21(22)23(24,3)4/h6-10,13-16,21-22H,11-12H2,1-5H3. The number of rotatable bonds is 4. The number of benzene rings is 2. The lowest BCUT2D eigenvalue weighted by Crippen LogP contribution is -2.45. The van der Waals surface area contributed by atoms with Gasteiger partial charge in [0.15, 0.2) is 0 Å². The van der Waals surface area contributed by atoms with Gasteiger partial charge in [-0.25, -0.2) is 8.42 Å². The quantitative estimate of drug-likeness (QED) is 0.681. The van der Waals surface area contributed by atoms with Gasteiger partial charge in [-0.1, -0.05) is 45.0 Å². The molecule has 2 aliphatic rings. The molecule has 2 aromatic carbocycles. The first-order valence-electron chi connectivity index (χ1n) is 10.1. The third kappa shape index (κ3) is 2.80. The molecule has 0 aliphatic heterocycles. The van der Waals surface area contributed by atoms with Gasteiger partial charge in [0.2, 0.25) is 0 Å². The lowest BCUT2D eigenvalue weighted by atomic mass is 9.71. The van der Waals surface area contributed by atoms with Gasteiger partial charge in [0.05, 0.1) is 16.6 Å². The van der Waals surface area contributed by atoms with Crippen molar-refractivity contribution in [3.63, 3.8) is 0 Å². The summed E-state index contributed by atoms with van der Waals surface area (Å²) in [4.78, 5) is 0.355. The van der Waals surface area contributed by atoms with Gasteiger partial charge in [-0.3, -0.25) is 4.31 Å². The predicted octanol–water partition coefficient (Wildman–Crippen LogP) is 5.53. The highest BCUT2D eigenvalue weighted by atomic mass is 32.2. The fourth-order valence-electron chi connectivity index (χ4n) is 5.44. The Bertz CT molecular complexity index is 974. The molecule has 2 bridgehead atoms. The Labute approximate surface area is 169 Å². The maximum Gasteiger partial charge on any atom is 0.264 e. The molecule has 4 heteroatoms. The molecule has 3 unspecified atom stereocenters. The second-order valence-corrected chi connectivity index (χ2v) is 11.2.